The first kappa shape index (κ1) is 15.9. The molecule has 1 aromatic carbocycles. The lowest BCUT2D eigenvalue weighted by Crippen LogP contribution is -2.27. The number of cyclic esters (lactones) is 1. The Bertz CT molecular complexity index is 769. The maximum Gasteiger partial charge on any atom is 0.414 e. The molecule has 2 amide bonds. The van der Waals surface area contributed by atoms with Crippen molar-refractivity contribution in [1.82, 2.24) is 4.98 Å². The molecule has 0 saturated carbocycles. The van der Waals surface area contributed by atoms with Gasteiger partial charge in [-0.15, -0.1) is 0 Å². The van der Waals surface area contributed by atoms with Crippen molar-refractivity contribution in [2.75, 3.05) is 23.3 Å². The predicted molar refractivity (Wildman–Crippen MR) is 85.3 cm³/mol. The molecule has 1 atom stereocenters. The second kappa shape index (κ2) is 6.63. The van der Waals surface area contributed by atoms with Gasteiger partial charge in [-0.05, 0) is 30.3 Å². The van der Waals surface area contributed by atoms with Gasteiger partial charge in [0, 0.05) is 12.7 Å². The summed E-state index contributed by atoms with van der Waals surface area (Å²) in [6.07, 6.45) is 0.505. The van der Waals surface area contributed by atoms with Crippen LogP contribution in [-0.2, 0) is 4.74 Å². The van der Waals surface area contributed by atoms with Crippen molar-refractivity contribution >= 4 is 23.5 Å². The quantitative estimate of drug-likeness (QED) is 0.890. The summed E-state index contributed by atoms with van der Waals surface area (Å²) in [6, 6.07) is 8.91. The molecule has 3 N–H and O–H groups in total. The maximum atomic E-state index is 14.3. The first-order chi connectivity index (χ1) is 11.6. The standard InChI is InChI=1S/C16H15FN4O3/c17-13-7-10(21-9-11(8-18)24-16(21)23)4-5-12(13)15(22)20-14-3-1-2-6-19-14/h1-7,11H,8-9,18H2,(H,19,20,22)/t11-/m0/s1. The first-order valence-corrected chi connectivity index (χ1v) is 7.28. The fourth-order valence-corrected chi connectivity index (χ4v) is 2.33. The van der Waals surface area contributed by atoms with Gasteiger partial charge in [-0.3, -0.25) is 9.69 Å². The van der Waals surface area contributed by atoms with Gasteiger partial charge in [0.2, 0.25) is 0 Å². The zero-order valence-electron chi connectivity index (χ0n) is 12.6. The van der Waals surface area contributed by atoms with Gasteiger partial charge < -0.3 is 15.8 Å². The van der Waals surface area contributed by atoms with E-state index < -0.39 is 23.9 Å². The molecule has 24 heavy (non-hydrogen) atoms. The summed E-state index contributed by atoms with van der Waals surface area (Å²) in [4.78, 5) is 29.1. The predicted octanol–water partition coefficient (Wildman–Crippen LogP) is 1.76. The highest BCUT2D eigenvalue weighted by Gasteiger charge is 2.32. The minimum absolute atomic E-state index is 0.146. The molecule has 1 aromatic heterocycles. The van der Waals surface area contributed by atoms with Crippen molar-refractivity contribution in [2.24, 2.45) is 5.73 Å². The summed E-state index contributed by atoms with van der Waals surface area (Å²) in [5, 5.41) is 2.50. The van der Waals surface area contributed by atoms with E-state index in [1.165, 1.54) is 23.2 Å². The fraction of sp³-hybridized carbons (Fsp3) is 0.188. The number of carbonyl (C=O) groups excluding carboxylic acids is 2. The van der Waals surface area contributed by atoms with Crippen molar-refractivity contribution in [2.45, 2.75) is 6.10 Å². The minimum atomic E-state index is -0.745. The van der Waals surface area contributed by atoms with E-state index in [4.69, 9.17) is 10.5 Å². The van der Waals surface area contributed by atoms with Gasteiger partial charge in [-0.2, -0.15) is 0 Å². The maximum absolute atomic E-state index is 14.3. The summed E-state index contributed by atoms with van der Waals surface area (Å²) in [7, 11) is 0. The number of halogens is 1. The highest BCUT2D eigenvalue weighted by Crippen LogP contribution is 2.24. The van der Waals surface area contributed by atoms with Crippen molar-refractivity contribution in [3.8, 4) is 0 Å². The molecular weight excluding hydrogens is 315 g/mol. The Balaban J connectivity index is 1.78. The summed E-state index contributed by atoms with van der Waals surface area (Å²) in [5.74, 6) is -1.05. The fourth-order valence-electron chi connectivity index (χ4n) is 2.33. The Kier molecular flexibility index (Phi) is 4.39. The highest BCUT2D eigenvalue weighted by atomic mass is 19.1. The van der Waals surface area contributed by atoms with Crippen LogP contribution in [0.3, 0.4) is 0 Å². The van der Waals surface area contributed by atoms with Crippen LogP contribution in [0.4, 0.5) is 20.7 Å². The third-order valence-corrected chi connectivity index (χ3v) is 3.55. The molecule has 7 nitrogen and oxygen atoms in total. The van der Waals surface area contributed by atoms with Crippen molar-refractivity contribution < 1.29 is 18.7 Å². The average molecular weight is 330 g/mol. The van der Waals surface area contributed by atoms with Crippen LogP contribution in [0.5, 0.6) is 0 Å². The molecule has 2 aromatic rings. The number of aromatic nitrogens is 1. The highest BCUT2D eigenvalue weighted by molar-refractivity contribution is 6.04. The van der Waals surface area contributed by atoms with Crippen LogP contribution in [-0.4, -0.2) is 36.2 Å². The number of ether oxygens (including phenoxy) is 1. The average Bonchev–Trinajstić information content (AvgIpc) is 2.96. The molecule has 1 aliphatic rings. The summed E-state index contributed by atoms with van der Waals surface area (Å²) in [6.45, 7) is 0.434. The normalized spacial score (nSPS) is 16.8. The zero-order valence-corrected chi connectivity index (χ0v) is 12.6. The molecular formula is C16H15FN4O3. The van der Waals surface area contributed by atoms with E-state index >= 15 is 0 Å². The molecule has 0 aliphatic carbocycles. The summed E-state index contributed by atoms with van der Waals surface area (Å²) >= 11 is 0. The number of nitrogens with one attached hydrogen (secondary N) is 1. The topological polar surface area (TPSA) is 97.5 Å². The van der Waals surface area contributed by atoms with Crippen molar-refractivity contribution in [3.05, 3.63) is 54.0 Å². The number of hydrogen-bond acceptors (Lipinski definition) is 5. The Morgan fingerprint density at radius 3 is 2.88 bits per heavy atom. The van der Waals surface area contributed by atoms with Crippen LogP contribution < -0.4 is 16.0 Å². The summed E-state index contributed by atoms with van der Waals surface area (Å²) in [5.41, 5.74) is 5.63. The van der Waals surface area contributed by atoms with E-state index in [1.54, 1.807) is 18.2 Å². The number of benzene rings is 1. The van der Waals surface area contributed by atoms with E-state index in [0.717, 1.165) is 6.07 Å². The van der Waals surface area contributed by atoms with E-state index in [1.807, 2.05) is 0 Å². The molecule has 2 heterocycles. The minimum Gasteiger partial charge on any atom is -0.443 e. The molecule has 1 saturated heterocycles. The van der Waals surface area contributed by atoms with E-state index in [-0.39, 0.29) is 18.7 Å². The Labute approximate surface area is 137 Å². The number of amides is 2. The number of nitrogens with zero attached hydrogens (tertiary/aromatic N) is 2. The van der Waals surface area contributed by atoms with Gasteiger partial charge in [0.1, 0.15) is 17.7 Å². The van der Waals surface area contributed by atoms with E-state index in [0.29, 0.717) is 11.5 Å². The van der Waals surface area contributed by atoms with Crippen LogP contribution in [0.2, 0.25) is 0 Å². The van der Waals surface area contributed by atoms with Gasteiger partial charge in [-0.25, -0.2) is 14.2 Å². The van der Waals surface area contributed by atoms with Crippen molar-refractivity contribution in [3.63, 3.8) is 0 Å². The number of pyridine rings is 1. The van der Waals surface area contributed by atoms with Gasteiger partial charge in [0.25, 0.3) is 5.91 Å². The number of hydrogen-bond donors (Lipinski definition) is 2. The third kappa shape index (κ3) is 3.18. The molecule has 0 spiro atoms. The molecule has 1 fully saturated rings. The smallest absolute Gasteiger partial charge is 0.414 e. The lowest BCUT2D eigenvalue weighted by atomic mass is 10.1. The van der Waals surface area contributed by atoms with E-state index in [9.17, 15) is 14.0 Å². The molecule has 3 rings (SSSR count). The number of rotatable bonds is 4. The first-order valence-electron chi connectivity index (χ1n) is 7.28. The van der Waals surface area contributed by atoms with Gasteiger partial charge >= 0.3 is 6.09 Å². The van der Waals surface area contributed by atoms with Crippen molar-refractivity contribution in [1.29, 1.82) is 0 Å². The molecule has 0 radical (unpaired) electrons. The molecule has 0 bridgehead atoms. The Morgan fingerprint density at radius 2 is 2.25 bits per heavy atom. The molecule has 0 unspecified atom stereocenters. The monoisotopic (exact) mass is 330 g/mol. The lowest BCUT2D eigenvalue weighted by Gasteiger charge is -2.14. The molecule has 1 aliphatic heterocycles. The third-order valence-electron chi connectivity index (χ3n) is 3.55. The van der Waals surface area contributed by atoms with Crippen LogP contribution >= 0.6 is 0 Å². The molecule has 8 heteroatoms. The Morgan fingerprint density at radius 1 is 1.42 bits per heavy atom. The van der Waals surface area contributed by atoms with Crippen LogP contribution in [0.15, 0.2) is 42.6 Å². The number of nitrogens with two attached hydrogens (primary N) is 1. The second-order valence-corrected chi connectivity index (χ2v) is 5.19. The number of anilines is 2. The van der Waals surface area contributed by atoms with Gasteiger partial charge in [-0.1, -0.05) is 6.07 Å². The van der Waals surface area contributed by atoms with Gasteiger partial charge in [0.05, 0.1) is 17.8 Å². The zero-order chi connectivity index (χ0) is 17.1. The SMILES string of the molecule is NC[C@H]1CN(c2ccc(C(=O)Nc3ccccn3)c(F)c2)C(=O)O1. The van der Waals surface area contributed by atoms with Gasteiger partial charge in [0.15, 0.2) is 0 Å². The van der Waals surface area contributed by atoms with Crippen LogP contribution in [0.1, 0.15) is 10.4 Å². The summed E-state index contributed by atoms with van der Waals surface area (Å²) < 4.78 is 19.3. The van der Waals surface area contributed by atoms with E-state index in [2.05, 4.69) is 10.3 Å². The lowest BCUT2D eigenvalue weighted by molar-refractivity contribution is 0.102. The second-order valence-electron chi connectivity index (χ2n) is 5.19. The number of carbonyl (C=O) groups is 2. The molecule has 124 valence electrons. The Hall–Kier alpha value is -3.00. The van der Waals surface area contributed by atoms with Crippen LogP contribution in [0.25, 0.3) is 0 Å². The van der Waals surface area contributed by atoms with Crippen LogP contribution in [0, 0.1) is 5.82 Å². The largest absolute Gasteiger partial charge is 0.443 e.